The fourth-order valence-electron chi connectivity index (χ4n) is 2.66. The predicted octanol–water partition coefficient (Wildman–Crippen LogP) is 2.70. The van der Waals surface area contributed by atoms with Gasteiger partial charge < -0.3 is 10.6 Å². The topological polar surface area (TPSA) is 84.3 Å². The Morgan fingerprint density at radius 1 is 1.35 bits per heavy atom. The third-order valence-corrected chi connectivity index (χ3v) is 3.85. The maximum absolute atomic E-state index is 12.2. The van der Waals surface area contributed by atoms with Crippen LogP contribution in [0, 0.1) is 10.1 Å². The van der Waals surface area contributed by atoms with Crippen LogP contribution in [0.1, 0.15) is 43.0 Å². The molecule has 108 valence electrons. The van der Waals surface area contributed by atoms with Gasteiger partial charge in [0.2, 0.25) is 0 Å². The molecule has 0 aliphatic heterocycles. The number of anilines is 1. The number of nitrogens with one attached hydrogen (secondary N) is 2. The molecular weight excluding hydrogens is 258 g/mol. The Morgan fingerprint density at radius 3 is 2.55 bits per heavy atom. The number of hydrogen-bond acceptors (Lipinski definition) is 4. The Labute approximate surface area is 117 Å². The summed E-state index contributed by atoms with van der Waals surface area (Å²) in [6, 6.07) is 4.37. The van der Waals surface area contributed by atoms with Crippen molar-refractivity contribution in [2.45, 2.75) is 38.1 Å². The monoisotopic (exact) mass is 277 g/mol. The summed E-state index contributed by atoms with van der Waals surface area (Å²) in [4.78, 5) is 22.6. The first-order valence-corrected chi connectivity index (χ1v) is 6.74. The largest absolute Gasteiger partial charge is 0.383 e. The second-order valence-electron chi connectivity index (χ2n) is 5.46. The SMILES string of the molecule is CNc1cc(C(=O)NC2(C)CCCC2)ccc1[N+](=O)[O-]. The molecule has 1 aliphatic carbocycles. The molecule has 0 atom stereocenters. The van der Waals surface area contributed by atoms with E-state index in [1.54, 1.807) is 7.05 Å². The Hall–Kier alpha value is -2.11. The molecule has 1 fully saturated rings. The van der Waals surface area contributed by atoms with Crippen LogP contribution in [-0.4, -0.2) is 23.4 Å². The van der Waals surface area contributed by atoms with E-state index in [-0.39, 0.29) is 17.1 Å². The third kappa shape index (κ3) is 2.89. The average Bonchev–Trinajstić information content (AvgIpc) is 2.84. The molecule has 0 spiro atoms. The van der Waals surface area contributed by atoms with Crippen LogP contribution < -0.4 is 10.6 Å². The number of hydrogen-bond donors (Lipinski definition) is 2. The highest BCUT2D eigenvalue weighted by molar-refractivity contribution is 5.96. The molecule has 2 N–H and O–H groups in total. The van der Waals surface area contributed by atoms with Gasteiger partial charge in [-0.25, -0.2) is 0 Å². The van der Waals surface area contributed by atoms with Crippen LogP contribution in [0.15, 0.2) is 18.2 Å². The number of amides is 1. The maximum Gasteiger partial charge on any atom is 0.292 e. The highest BCUT2D eigenvalue weighted by Crippen LogP contribution is 2.30. The second kappa shape index (κ2) is 5.48. The van der Waals surface area contributed by atoms with Gasteiger partial charge in [0.25, 0.3) is 11.6 Å². The zero-order valence-corrected chi connectivity index (χ0v) is 11.7. The zero-order chi connectivity index (χ0) is 14.8. The van der Waals surface area contributed by atoms with Crippen LogP contribution in [0.4, 0.5) is 11.4 Å². The molecule has 1 saturated carbocycles. The molecule has 1 aromatic carbocycles. The zero-order valence-electron chi connectivity index (χ0n) is 11.7. The molecule has 2 rings (SSSR count). The van der Waals surface area contributed by atoms with E-state index in [4.69, 9.17) is 0 Å². The third-order valence-electron chi connectivity index (χ3n) is 3.85. The highest BCUT2D eigenvalue weighted by Gasteiger charge is 2.30. The first-order valence-electron chi connectivity index (χ1n) is 6.74. The first kappa shape index (κ1) is 14.3. The number of nitro benzene ring substituents is 1. The van der Waals surface area contributed by atoms with Gasteiger partial charge in [-0.15, -0.1) is 0 Å². The van der Waals surface area contributed by atoms with Crippen molar-refractivity contribution in [2.75, 3.05) is 12.4 Å². The molecule has 1 aromatic rings. The van der Waals surface area contributed by atoms with E-state index in [0.717, 1.165) is 25.7 Å². The van der Waals surface area contributed by atoms with Crippen LogP contribution in [0.2, 0.25) is 0 Å². The van der Waals surface area contributed by atoms with Crippen LogP contribution in [-0.2, 0) is 0 Å². The number of carbonyl (C=O) groups is 1. The van der Waals surface area contributed by atoms with E-state index < -0.39 is 4.92 Å². The van der Waals surface area contributed by atoms with Crippen molar-refractivity contribution in [1.29, 1.82) is 0 Å². The van der Waals surface area contributed by atoms with Crippen molar-refractivity contribution in [3.05, 3.63) is 33.9 Å². The fraction of sp³-hybridized carbons (Fsp3) is 0.500. The van der Waals surface area contributed by atoms with Crippen molar-refractivity contribution in [3.63, 3.8) is 0 Å². The summed E-state index contributed by atoms with van der Waals surface area (Å²) in [5.41, 5.74) is 0.599. The van der Waals surface area contributed by atoms with Gasteiger partial charge in [-0.05, 0) is 31.9 Å². The van der Waals surface area contributed by atoms with Crippen molar-refractivity contribution in [2.24, 2.45) is 0 Å². The lowest BCUT2D eigenvalue weighted by Crippen LogP contribution is -2.43. The van der Waals surface area contributed by atoms with Crippen LogP contribution in [0.3, 0.4) is 0 Å². The van der Waals surface area contributed by atoms with E-state index in [0.29, 0.717) is 11.3 Å². The van der Waals surface area contributed by atoms with E-state index >= 15 is 0 Å². The summed E-state index contributed by atoms with van der Waals surface area (Å²) in [5, 5.41) is 16.6. The quantitative estimate of drug-likeness (QED) is 0.654. The predicted molar refractivity (Wildman–Crippen MR) is 77.0 cm³/mol. The normalized spacial score (nSPS) is 16.7. The molecule has 20 heavy (non-hydrogen) atoms. The molecule has 1 amide bonds. The lowest BCUT2D eigenvalue weighted by Gasteiger charge is -2.25. The van der Waals surface area contributed by atoms with Gasteiger partial charge in [-0.3, -0.25) is 14.9 Å². The number of rotatable bonds is 4. The summed E-state index contributed by atoms with van der Waals surface area (Å²) < 4.78 is 0. The molecule has 0 aromatic heterocycles. The first-order chi connectivity index (χ1) is 9.45. The number of benzene rings is 1. The number of carbonyl (C=O) groups excluding carboxylic acids is 1. The molecule has 0 unspecified atom stereocenters. The number of nitrogens with zero attached hydrogens (tertiary/aromatic N) is 1. The standard InChI is InChI=1S/C14H19N3O3/c1-14(7-3-4-8-14)16-13(18)10-5-6-12(17(19)20)11(9-10)15-2/h5-6,9,15H,3-4,7-8H2,1-2H3,(H,16,18). The van der Waals surface area contributed by atoms with Gasteiger partial charge >= 0.3 is 0 Å². The lowest BCUT2D eigenvalue weighted by atomic mass is 10.00. The van der Waals surface area contributed by atoms with Gasteiger partial charge in [0.1, 0.15) is 5.69 Å². The fourth-order valence-corrected chi connectivity index (χ4v) is 2.66. The van der Waals surface area contributed by atoms with E-state index in [1.165, 1.54) is 18.2 Å². The molecule has 1 aliphatic rings. The van der Waals surface area contributed by atoms with Gasteiger partial charge in [0.05, 0.1) is 4.92 Å². The summed E-state index contributed by atoms with van der Waals surface area (Å²) in [6.07, 6.45) is 4.20. The van der Waals surface area contributed by atoms with Crippen LogP contribution in [0.5, 0.6) is 0 Å². The minimum atomic E-state index is -0.466. The van der Waals surface area contributed by atoms with E-state index in [2.05, 4.69) is 10.6 Å². The molecule has 0 bridgehead atoms. The Balaban J connectivity index is 2.20. The average molecular weight is 277 g/mol. The van der Waals surface area contributed by atoms with Crippen LogP contribution >= 0.6 is 0 Å². The van der Waals surface area contributed by atoms with Crippen molar-refractivity contribution >= 4 is 17.3 Å². The Kier molecular flexibility index (Phi) is 3.92. The molecule has 0 radical (unpaired) electrons. The summed E-state index contributed by atoms with van der Waals surface area (Å²) in [6.45, 7) is 2.04. The molecule has 0 saturated heterocycles. The molecular formula is C14H19N3O3. The van der Waals surface area contributed by atoms with Gasteiger partial charge in [0.15, 0.2) is 0 Å². The molecule has 6 nitrogen and oxygen atoms in total. The number of nitro groups is 1. The smallest absolute Gasteiger partial charge is 0.292 e. The Morgan fingerprint density at radius 2 is 2.00 bits per heavy atom. The minimum Gasteiger partial charge on any atom is -0.383 e. The van der Waals surface area contributed by atoms with Gasteiger partial charge in [-0.2, -0.15) is 0 Å². The van der Waals surface area contributed by atoms with Gasteiger partial charge in [-0.1, -0.05) is 12.8 Å². The second-order valence-corrected chi connectivity index (χ2v) is 5.46. The van der Waals surface area contributed by atoms with Crippen molar-refractivity contribution in [1.82, 2.24) is 5.32 Å². The molecule has 6 heteroatoms. The van der Waals surface area contributed by atoms with Crippen molar-refractivity contribution in [3.8, 4) is 0 Å². The Bertz CT molecular complexity index is 536. The molecule has 0 heterocycles. The van der Waals surface area contributed by atoms with E-state index in [9.17, 15) is 14.9 Å². The lowest BCUT2D eigenvalue weighted by molar-refractivity contribution is -0.383. The van der Waals surface area contributed by atoms with E-state index in [1.807, 2.05) is 6.92 Å². The summed E-state index contributed by atoms with van der Waals surface area (Å²) >= 11 is 0. The van der Waals surface area contributed by atoms with Crippen molar-refractivity contribution < 1.29 is 9.72 Å². The summed E-state index contributed by atoms with van der Waals surface area (Å²) in [5.74, 6) is -0.180. The highest BCUT2D eigenvalue weighted by atomic mass is 16.6. The summed E-state index contributed by atoms with van der Waals surface area (Å²) in [7, 11) is 1.60. The maximum atomic E-state index is 12.2. The van der Waals surface area contributed by atoms with Gasteiger partial charge in [0, 0.05) is 24.2 Å². The van der Waals surface area contributed by atoms with Crippen LogP contribution in [0.25, 0.3) is 0 Å². The minimum absolute atomic E-state index is 0.0314.